The monoisotopic (exact) mass is 362 g/mol. The summed E-state index contributed by atoms with van der Waals surface area (Å²) in [6, 6.07) is 8.67. The number of hydrogen-bond donors (Lipinski definition) is 2. The molecule has 1 saturated heterocycles. The number of imidazole rings is 1. The zero-order valence-corrected chi connectivity index (χ0v) is 15.4. The third-order valence-corrected chi connectivity index (χ3v) is 5.44. The number of halogens is 1. The maximum Gasteiger partial charge on any atom is 0.231 e. The van der Waals surface area contributed by atoms with Crippen molar-refractivity contribution in [1.82, 2.24) is 14.9 Å². The number of benzene rings is 1. The second-order valence-corrected chi connectivity index (χ2v) is 7.12. The average molecular weight is 363 g/mol. The van der Waals surface area contributed by atoms with Gasteiger partial charge in [0.1, 0.15) is 0 Å². The predicted molar refractivity (Wildman–Crippen MR) is 103 cm³/mol. The molecule has 1 aliphatic carbocycles. The minimum atomic E-state index is 0. The van der Waals surface area contributed by atoms with Crippen LogP contribution < -0.4 is 10.6 Å². The predicted octanol–water partition coefficient (Wildman–Crippen LogP) is 3.90. The standard InChI is InChI=1S/C19H26N4O.ClH/c24-18(14-7-6-12-20-13-14)22-19-21-16-10-4-5-11-17(16)23(19)15-8-2-1-3-9-15;/h4-5,10-11,14-15,20H,1-3,6-9,12-13H2,(H,21,22,24);1H. The van der Waals surface area contributed by atoms with Crippen LogP contribution in [0.25, 0.3) is 11.0 Å². The number of para-hydroxylation sites is 2. The first-order valence-corrected chi connectivity index (χ1v) is 9.31. The van der Waals surface area contributed by atoms with E-state index in [1.165, 1.54) is 32.1 Å². The van der Waals surface area contributed by atoms with Gasteiger partial charge in [-0.1, -0.05) is 31.4 Å². The Labute approximate surface area is 155 Å². The Kier molecular flexibility index (Phi) is 5.97. The van der Waals surface area contributed by atoms with Gasteiger partial charge >= 0.3 is 0 Å². The number of anilines is 1. The fraction of sp³-hybridized carbons (Fsp3) is 0.579. The second kappa shape index (κ2) is 8.19. The second-order valence-electron chi connectivity index (χ2n) is 7.12. The van der Waals surface area contributed by atoms with Crippen LogP contribution in [0.3, 0.4) is 0 Å². The highest BCUT2D eigenvalue weighted by atomic mass is 35.5. The van der Waals surface area contributed by atoms with Crippen molar-refractivity contribution in [3.05, 3.63) is 24.3 Å². The molecule has 0 spiro atoms. The third-order valence-electron chi connectivity index (χ3n) is 5.44. The van der Waals surface area contributed by atoms with E-state index in [2.05, 4.69) is 27.3 Å². The van der Waals surface area contributed by atoms with Crippen LogP contribution in [0.4, 0.5) is 5.95 Å². The lowest BCUT2D eigenvalue weighted by Gasteiger charge is -2.26. The van der Waals surface area contributed by atoms with Crippen LogP contribution in [0.2, 0.25) is 0 Å². The zero-order chi connectivity index (χ0) is 16.4. The maximum absolute atomic E-state index is 12.7. The van der Waals surface area contributed by atoms with Crippen molar-refractivity contribution in [2.24, 2.45) is 5.92 Å². The van der Waals surface area contributed by atoms with E-state index in [1.807, 2.05) is 12.1 Å². The van der Waals surface area contributed by atoms with E-state index >= 15 is 0 Å². The molecule has 0 bridgehead atoms. The lowest BCUT2D eigenvalue weighted by atomic mass is 9.95. The summed E-state index contributed by atoms with van der Waals surface area (Å²) in [6.07, 6.45) is 8.22. The summed E-state index contributed by atoms with van der Waals surface area (Å²) >= 11 is 0. The van der Waals surface area contributed by atoms with Crippen molar-refractivity contribution in [1.29, 1.82) is 0 Å². The number of nitrogens with one attached hydrogen (secondary N) is 2. The van der Waals surface area contributed by atoms with E-state index in [-0.39, 0.29) is 24.2 Å². The molecule has 4 rings (SSSR count). The Balaban J connectivity index is 0.00000182. The van der Waals surface area contributed by atoms with Crippen LogP contribution in [0.15, 0.2) is 24.3 Å². The summed E-state index contributed by atoms with van der Waals surface area (Å²) in [5.74, 6) is 0.895. The number of carbonyl (C=O) groups is 1. The van der Waals surface area contributed by atoms with Gasteiger partial charge in [-0.2, -0.15) is 0 Å². The zero-order valence-electron chi connectivity index (χ0n) is 14.5. The number of piperidine rings is 1. The van der Waals surface area contributed by atoms with Crippen molar-refractivity contribution in [2.75, 3.05) is 18.4 Å². The van der Waals surface area contributed by atoms with Crippen LogP contribution in [0, 0.1) is 5.92 Å². The molecule has 0 radical (unpaired) electrons. The molecule has 2 aromatic rings. The lowest BCUT2D eigenvalue weighted by molar-refractivity contribution is -0.120. The van der Waals surface area contributed by atoms with E-state index in [9.17, 15) is 4.79 Å². The van der Waals surface area contributed by atoms with Crippen molar-refractivity contribution in [3.8, 4) is 0 Å². The fourth-order valence-electron chi connectivity index (χ4n) is 4.13. The first-order chi connectivity index (χ1) is 11.8. The van der Waals surface area contributed by atoms with E-state index in [4.69, 9.17) is 4.98 Å². The quantitative estimate of drug-likeness (QED) is 0.870. The highest BCUT2D eigenvalue weighted by Crippen LogP contribution is 2.34. The van der Waals surface area contributed by atoms with Crippen LogP contribution in [-0.2, 0) is 4.79 Å². The number of nitrogens with zero attached hydrogens (tertiary/aromatic N) is 2. The van der Waals surface area contributed by atoms with Gasteiger partial charge in [0.05, 0.1) is 17.0 Å². The molecule has 2 heterocycles. The van der Waals surface area contributed by atoms with Crippen LogP contribution in [0.5, 0.6) is 0 Å². The Morgan fingerprint density at radius 2 is 1.92 bits per heavy atom. The van der Waals surface area contributed by atoms with Crippen LogP contribution >= 0.6 is 12.4 Å². The van der Waals surface area contributed by atoms with Crippen molar-refractivity contribution in [3.63, 3.8) is 0 Å². The number of hydrogen-bond acceptors (Lipinski definition) is 3. The molecule has 2 aliphatic rings. The first kappa shape index (κ1) is 18.2. The van der Waals surface area contributed by atoms with Crippen molar-refractivity contribution in [2.45, 2.75) is 51.0 Å². The van der Waals surface area contributed by atoms with Gasteiger partial charge < -0.3 is 9.88 Å². The smallest absolute Gasteiger partial charge is 0.231 e. The topological polar surface area (TPSA) is 59.0 Å². The molecule has 25 heavy (non-hydrogen) atoms. The molecule has 6 heteroatoms. The lowest BCUT2D eigenvalue weighted by Crippen LogP contribution is -2.37. The SMILES string of the molecule is Cl.O=C(Nc1nc2ccccc2n1C1CCCCC1)C1CCCNC1. The minimum Gasteiger partial charge on any atom is -0.316 e. The van der Waals surface area contributed by atoms with E-state index in [0.29, 0.717) is 6.04 Å². The van der Waals surface area contributed by atoms with Gasteiger partial charge in [0.15, 0.2) is 0 Å². The number of aromatic nitrogens is 2. The Morgan fingerprint density at radius 3 is 2.68 bits per heavy atom. The highest BCUT2D eigenvalue weighted by Gasteiger charge is 2.25. The summed E-state index contributed by atoms with van der Waals surface area (Å²) in [5.41, 5.74) is 2.11. The molecule has 5 nitrogen and oxygen atoms in total. The first-order valence-electron chi connectivity index (χ1n) is 9.31. The fourth-order valence-corrected chi connectivity index (χ4v) is 4.13. The Morgan fingerprint density at radius 1 is 1.12 bits per heavy atom. The number of rotatable bonds is 3. The number of amides is 1. The van der Waals surface area contributed by atoms with Gasteiger partial charge in [-0.3, -0.25) is 10.1 Å². The summed E-state index contributed by atoms with van der Waals surface area (Å²) in [7, 11) is 0. The molecule has 1 unspecified atom stereocenters. The Bertz CT molecular complexity index is 717. The van der Waals surface area contributed by atoms with Gasteiger partial charge in [-0.05, 0) is 44.4 Å². The molecule has 136 valence electrons. The molecule has 2 fully saturated rings. The van der Waals surface area contributed by atoms with Crippen molar-refractivity contribution < 1.29 is 4.79 Å². The summed E-state index contributed by atoms with van der Waals surface area (Å²) in [6.45, 7) is 1.79. The van der Waals surface area contributed by atoms with E-state index in [0.717, 1.165) is 42.9 Å². The minimum absolute atomic E-state index is 0. The van der Waals surface area contributed by atoms with Crippen molar-refractivity contribution >= 4 is 35.3 Å². The molecule has 1 aliphatic heterocycles. The van der Waals surface area contributed by atoms with Gasteiger partial charge in [0, 0.05) is 12.6 Å². The highest BCUT2D eigenvalue weighted by molar-refractivity contribution is 5.93. The molecular formula is C19H27ClN4O. The average Bonchev–Trinajstić information content (AvgIpc) is 3.01. The Hall–Kier alpha value is -1.59. The molecular weight excluding hydrogens is 336 g/mol. The molecule has 1 saturated carbocycles. The molecule has 2 N–H and O–H groups in total. The molecule has 1 aromatic carbocycles. The van der Waals surface area contributed by atoms with Crippen LogP contribution in [-0.4, -0.2) is 28.5 Å². The van der Waals surface area contributed by atoms with Gasteiger partial charge in [-0.15, -0.1) is 12.4 Å². The summed E-state index contributed by atoms with van der Waals surface area (Å²) in [4.78, 5) is 17.4. The van der Waals surface area contributed by atoms with Gasteiger partial charge in [0.2, 0.25) is 11.9 Å². The van der Waals surface area contributed by atoms with E-state index in [1.54, 1.807) is 0 Å². The third kappa shape index (κ3) is 3.82. The van der Waals surface area contributed by atoms with Gasteiger partial charge in [-0.25, -0.2) is 4.98 Å². The molecule has 1 aromatic heterocycles. The number of fused-ring (bicyclic) bond motifs is 1. The molecule has 1 atom stereocenters. The molecule has 1 amide bonds. The normalized spacial score (nSPS) is 21.7. The van der Waals surface area contributed by atoms with E-state index < -0.39 is 0 Å². The summed E-state index contributed by atoms with van der Waals surface area (Å²) < 4.78 is 2.28. The largest absolute Gasteiger partial charge is 0.316 e. The van der Waals surface area contributed by atoms with Gasteiger partial charge in [0.25, 0.3) is 0 Å². The summed E-state index contributed by atoms with van der Waals surface area (Å²) in [5, 5.41) is 6.46. The van der Waals surface area contributed by atoms with Crippen LogP contribution in [0.1, 0.15) is 51.0 Å². The number of carbonyl (C=O) groups excluding carboxylic acids is 1. The maximum atomic E-state index is 12.7.